The third-order valence-electron chi connectivity index (χ3n) is 3.21. The highest BCUT2D eigenvalue weighted by molar-refractivity contribution is 9.10. The summed E-state index contributed by atoms with van der Waals surface area (Å²) >= 11 is 3.48. The monoisotopic (exact) mass is 392 g/mol. The molecule has 0 aliphatic carbocycles. The van der Waals surface area contributed by atoms with Crippen LogP contribution < -0.4 is 14.8 Å². The van der Waals surface area contributed by atoms with Gasteiger partial charge in [-0.1, -0.05) is 12.7 Å². The molecule has 0 saturated heterocycles. The lowest BCUT2D eigenvalue weighted by Gasteiger charge is -2.14. The summed E-state index contributed by atoms with van der Waals surface area (Å²) in [6, 6.07) is 10.1. The molecule has 2 aromatic rings. The smallest absolute Gasteiger partial charge is 0.269 e. The summed E-state index contributed by atoms with van der Waals surface area (Å²) in [4.78, 5) is 10.2. The van der Waals surface area contributed by atoms with Crippen LogP contribution in [0.5, 0.6) is 11.5 Å². The van der Waals surface area contributed by atoms with Crippen molar-refractivity contribution >= 4 is 27.3 Å². The first-order valence-corrected chi connectivity index (χ1v) is 7.93. The molecule has 0 aromatic heterocycles. The molecule has 1 N–H and O–H groups in total. The number of halogens is 1. The lowest BCUT2D eigenvalue weighted by Crippen LogP contribution is -2.02. The van der Waals surface area contributed by atoms with Crippen LogP contribution >= 0.6 is 15.9 Å². The Morgan fingerprint density at radius 2 is 2.04 bits per heavy atom. The van der Waals surface area contributed by atoms with E-state index in [-0.39, 0.29) is 5.69 Å². The number of benzene rings is 2. The summed E-state index contributed by atoms with van der Waals surface area (Å²) in [6.45, 7) is 4.55. The molecule has 0 heterocycles. The lowest BCUT2D eigenvalue weighted by molar-refractivity contribution is -0.384. The molecule has 0 aliphatic heterocycles. The van der Waals surface area contributed by atoms with E-state index in [1.807, 2.05) is 12.1 Å². The molecule has 0 radical (unpaired) electrons. The maximum Gasteiger partial charge on any atom is 0.269 e. The van der Waals surface area contributed by atoms with Crippen molar-refractivity contribution in [2.75, 3.05) is 19.0 Å². The summed E-state index contributed by atoms with van der Waals surface area (Å²) < 4.78 is 11.7. The number of nitrogens with zero attached hydrogens (tertiary/aromatic N) is 1. The first-order chi connectivity index (χ1) is 11.5. The van der Waals surface area contributed by atoms with E-state index in [4.69, 9.17) is 9.47 Å². The first kappa shape index (κ1) is 17.8. The van der Waals surface area contributed by atoms with Crippen LogP contribution in [0.1, 0.15) is 5.56 Å². The van der Waals surface area contributed by atoms with Gasteiger partial charge in [0, 0.05) is 24.4 Å². The summed E-state index contributed by atoms with van der Waals surface area (Å²) in [7, 11) is 1.58. The van der Waals surface area contributed by atoms with Gasteiger partial charge in [0.2, 0.25) is 0 Å². The number of rotatable bonds is 8. The van der Waals surface area contributed by atoms with E-state index in [0.717, 1.165) is 15.7 Å². The fourth-order valence-corrected chi connectivity index (χ4v) is 2.67. The second-order valence-electron chi connectivity index (χ2n) is 4.87. The molecule has 0 unspecified atom stereocenters. The third-order valence-corrected chi connectivity index (χ3v) is 3.80. The van der Waals surface area contributed by atoms with Crippen molar-refractivity contribution < 1.29 is 14.4 Å². The molecule has 0 bridgehead atoms. The minimum atomic E-state index is -0.423. The average molecular weight is 393 g/mol. The highest BCUT2D eigenvalue weighted by atomic mass is 79.9. The van der Waals surface area contributed by atoms with E-state index < -0.39 is 4.92 Å². The topological polar surface area (TPSA) is 73.6 Å². The highest BCUT2D eigenvalue weighted by Gasteiger charge is 2.11. The second kappa shape index (κ2) is 8.35. The minimum Gasteiger partial charge on any atom is -0.493 e. The minimum absolute atomic E-state index is 0.0636. The summed E-state index contributed by atoms with van der Waals surface area (Å²) in [5.74, 6) is 1.24. The van der Waals surface area contributed by atoms with Crippen molar-refractivity contribution in [1.29, 1.82) is 0 Å². The number of non-ortho nitro benzene ring substituents is 1. The van der Waals surface area contributed by atoms with Gasteiger partial charge in [-0.25, -0.2) is 0 Å². The molecule has 0 aliphatic rings. The van der Waals surface area contributed by atoms with Crippen molar-refractivity contribution in [2.24, 2.45) is 0 Å². The Kier molecular flexibility index (Phi) is 6.20. The number of anilines is 1. The van der Waals surface area contributed by atoms with Gasteiger partial charge in [-0.15, -0.1) is 0 Å². The molecule has 7 heteroatoms. The lowest BCUT2D eigenvalue weighted by atomic mass is 10.2. The zero-order chi connectivity index (χ0) is 17.5. The number of ether oxygens (including phenoxy) is 2. The van der Waals surface area contributed by atoms with Crippen LogP contribution in [0.25, 0.3) is 0 Å². The van der Waals surface area contributed by atoms with Crippen LogP contribution in [-0.2, 0) is 6.54 Å². The zero-order valence-electron chi connectivity index (χ0n) is 13.1. The van der Waals surface area contributed by atoms with Crippen molar-refractivity contribution in [2.45, 2.75) is 6.54 Å². The maximum absolute atomic E-state index is 10.7. The number of methoxy groups -OCH3 is 1. The molecule has 2 rings (SSSR count). The molecule has 126 valence electrons. The van der Waals surface area contributed by atoms with Crippen LogP contribution in [0.3, 0.4) is 0 Å². The Bertz CT molecular complexity index is 732. The predicted octanol–water partition coefficient (Wildman–Crippen LogP) is 4.54. The normalized spacial score (nSPS) is 10.1. The van der Waals surface area contributed by atoms with E-state index in [1.54, 1.807) is 25.3 Å². The molecular formula is C17H17BrN2O4. The predicted molar refractivity (Wildman–Crippen MR) is 96.8 cm³/mol. The molecular weight excluding hydrogens is 376 g/mol. The molecule has 0 amide bonds. The van der Waals surface area contributed by atoms with Crippen LogP contribution in [0.15, 0.2) is 53.5 Å². The van der Waals surface area contributed by atoms with Gasteiger partial charge >= 0.3 is 0 Å². The molecule has 0 saturated carbocycles. The molecule has 0 fully saturated rings. The Balaban J connectivity index is 2.10. The van der Waals surface area contributed by atoms with E-state index in [1.165, 1.54) is 12.1 Å². The highest BCUT2D eigenvalue weighted by Crippen LogP contribution is 2.36. The Morgan fingerprint density at radius 1 is 1.33 bits per heavy atom. The van der Waals surface area contributed by atoms with E-state index in [2.05, 4.69) is 27.8 Å². The van der Waals surface area contributed by atoms with Crippen molar-refractivity contribution in [1.82, 2.24) is 0 Å². The summed E-state index contributed by atoms with van der Waals surface area (Å²) in [5.41, 5.74) is 1.83. The Labute approximate surface area is 148 Å². The third kappa shape index (κ3) is 4.48. The van der Waals surface area contributed by atoms with Crippen LogP contribution in [-0.4, -0.2) is 18.6 Å². The van der Waals surface area contributed by atoms with Crippen molar-refractivity contribution in [3.63, 3.8) is 0 Å². The Morgan fingerprint density at radius 3 is 2.62 bits per heavy atom. The molecule has 2 aromatic carbocycles. The van der Waals surface area contributed by atoms with Gasteiger partial charge in [0.25, 0.3) is 5.69 Å². The van der Waals surface area contributed by atoms with Gasteiger partial charge < -0.3 is 14.8 Å². The molecule has 6 nitrogen and oxygen atoms in total. The van der Waals surface area contributed by atoms with Crippen molar-refractivity contribution in [3.05, 3.63) is 69.2 Å². The largest absolute Gasteiger partial charge is 0.493 e. The number of nitro benzene ring substituents is 1. The van der Waals surface area contributed by atoms with Gasteiger partial charge in [-0.2, -0.15) is 0 Å². The van der Waals surface area contributed by atoms with Crippen LogP contribution in [0.4, 0.5) is 11.4 Å². The summed E-state index contributed by atoms with van der Waals surface area (Å²) in [6.07, 6.45) is 1.66. The number of hydrogen-bond acceptors (Lipinski definition) is 5. The van der Waals surface area contributed by atoms with Crippen LogP contribution in [0.2, 0.25) is 0 Å². The second-order valence-corrected chi connectivity index (χ2v) is 5.72. The van der Waals surface area contributed by atoms with Gasteiger partial charge in [-0.3, -0.25) is 10.1 Å². The number of nitro groups is 1. The van der Waals surface area contributed by atoms with E-state index in [9.17, 15) is 10.1 Å². The average Bonchev–Trinajstić information content (AvgIpc) is 2.58. The fraction of sp³-hybridized carbons (Fsp3) is 0.176. The standard InChI is InChI=1S/C17H17BrN2O4/c1-3-8-24-17-15(18)9-12(10-16(17)23-2)11-19-13-4-6-14(7-5-13)20(21)22/h3-7,9-10,19H,1,8,11H2,2H3. The SMILES string of the molecule is C=CCOc1c(Br)cc(CNc2ccc([N+](=O)[O-])cc2)cc1OC. The fourth-order valence-electron chi connectivity index (χ4n) is 2.06. The van der Waals surface area contributed by atoms with Crippen molar-refractivity contribution in [3.8, 4) is 11.5 Å². The van der Waals surface area contributed by atoms with E-state index >= 15 is 0 Å². The molecule has 0 atom stereocenters. The maximum atomic E-state index is 10.7. The van der Waals surface area contributed by atoms with Gasteiger partial charge in [-0.05, 0) is 45.8 Å². The van der Waals surface area contributed by atoms with Gasteiger partial charge in [0.05, 0.1) is 16.5 Å². The Hall–Kier alpha value is -2.54. The van der Waals surface area contributed by atoms with Crippen LogP contribution in [0, 0.1) is 10.1 Å². The van der Waals surface area contributed by atoms with Gasteiger partial charge in [0.15, 0.2) is 11.5 Å². The summed E-state index contributed by atoms with van der Waals surface area (Å²) in [5, 5.41) is 13.9. The number of hydrogen-bond donors (Lipinski definition) is 1. The van der Waals surface area contributed by atoms with Gasteiger partial charge in [0.1, 0.15) is 6.61 Å². The first-order valence-electron chi connectivity index (χ1n) is 7.13. The van der Waals surface area contributed by atoms with E-state index in [0.29, 0.717) is 24.7 Å². The molecule has 24 heavy (non-hydrogen) atoms. The molecule has 0 spiro atoms. The number of nitrogens with one attached hydrogen (secondary N) is 1. The zero-order valence-corrected chi connectivity index (χ0v) is 14.7. The quantitative estimate of drug-likeness (QED) is 0.405.